The number of rotatable bonds is 3. The Kier molecular flexibility index (Phi) is 2.78. The Morgan fingerprint density at radius 1 is 1.47 bits per heavy atom. The van der Waals surface area contributed by atoms with Gasteiger partial charge in [-0.3, -0.25) is 9.59 Å². The van der Waals surface area contributed by atoms with Gasteiger partial charge in [0.25, 0.3) is 0 Å². The van der Waals surface area contributed by atoms with Crippen molar-refractivity contribution < 1.29 is 18.8 Å². The maximum atomic E-state index is 11.6. The summed E-state index contributed by atoms with van der Waals surface area (Å²) in [7, 11) is 1.41. The second kappa shape index (κ2) is 3.93. The molecule has 0 atom stereocenters. The lowest BCUT2D eigenvalue weighted by Crippen LogP contribution is -2.62. The molecule has 0 spiro atoms. The summed E-state index contributed by atoms with van der Waals surface area (Å²) in [6.45, 7) is 3.54. The zero-order valence-electron chi connectivity index (χ0n) is 9.20. The van der Waals surface area contributed by atoms with E-state index in [9.17, 15) is 9.59 Å². The highest BCUT2D eigenvalue weighted by molar-refractivity contribution is 5.83. The fraction of sp³-hybridized carbons (Fsp3) is 0.818. The van der Waals surface area contributed by atoms with Crippen LogP contribution in [0.15, 0.2) is 0 Å². The van der Waals surface area contributed by atoms with E-state index in [2.05, 4.69) is 4.74 Å². The molecule has 0 aromatic heterocycles. The number of carbonyl (C=O) groups excluding carboxylic acids is 2. The van der Waals surface area contributed by atoms with Gasteiger partial charge in [-0.05, 0) is 0 Å². The van der Waals surface area contributed by atoms with E-state index in [-0.39, 0.29) is 5.97 Å². The number of hydrogen-bond acceptors (Lipinski definition) is 3. The van der Waals surface area contributed by atoms with E-state index in [1.54, 1.807) is 0 Å². The molecule has 2 bridgehead atoms. The molecule has 3 heterocycles. The number of ether oxygens (including phenoxy) is 1. The van der Waals surface area contributed by atoms with Crippen LogP contribution in [0.5, 0.6) is 0 Å². The number of piperidine rings is 3. The highest BCUT2D eigenvalue weighted by Gasteiger charge is 2.44. The summed E-state index contributed by atoms with van der Waals surface area (Å²) in [5.41, 5.74) is 0. The molecular formula is C11H18NO3+. The normalized spacial score (nSPS) is 34.2. The molecule has 4 heteroatoms. The van der Waals surface area contributed by atoms with Crippen molar-refractivity contribution in [3.63, 3.8) is 0 Å². The number of quaternary nitrogens is 1. The number of esters is 1. The molecule has 0 amide bonds. The zero-order chi connectivity index (χ0) is 10.9. The van der Waals surface area contributed by atoms with Gasteiger partial charge in [-0.15, -0.1) is 0 Å². The molecule has 3 aliphatic rings. The van der Waals surface area contributed by atoms with Crippen LogP contribution >= 0.6 is 0 Å². The van der Waals surface area contributed by atoms with E-state index in [1.165, 1.54) is 7.11 Å². The van der Waals surface area contributed by atoms with Crippen LogP contribution in [0.4, 0.5) is 0 Å². The van der Waals surface area contributed by atoms with Crippen LogP contribution in [-0.2, 0) is 14.3 Å². The summed E-state index contributed by atoms with van der Waals surface area (Å²) in [6, 6.07) is 0. The molecule has 0 radical (unpaired) electrons. The molecule has 0 aliphatic carbocycles. The van der Waals surface area contributed by atoms with Crippen LogP contribution < -0.4 is 0 Å². The van der Waals surface area contributed by atoms with Gasteiger partial charge in [-0.1, -0.05) is 0 Å². The Hall–Kier alpha value is -0.900. The van der Waals surface area contributed by atoms with Gasteiger partial charge < -0.3 is 9.22 Å². The minimum Gasteiger partial charge on any atom is -0.469 e. The molecule has 3 aliphatic heterocycles. The van der Waals surface area contributed by atoms with E-state index < -0.39 is 0 Å². The third-order valence-electron chi connectivity index (χ3n) is 3.87. The summed E-state index contributed by atoms with van der Waals surface area (Å²) in [5, 5.41) is 0. The van der Waals surface area contributed by atoms with Crippen molar-refractivity contribution in [2.45, 2.75) is 19.3 Å². The Morgan fingerprint density at radius 2 is 2.13 bits per heavy atom. The summed E-state index contributed by atoms with van der Waals surface area (Å²) < 4.78 is 5.46. The van der Waals surface area contributed by atoms with Crippen molar-refractivity contribution in [1.82, 2.24) is 0 Å². The first-order valence-corrected chi connectivity index (χ1v) is 5.60. The number of nitrogens with zero attached hydrogens (tertiary/aromatic N) is 1. The Balaban J connectivity index is 1.94. The molecule has 3 fully saturated rings. The second-order valence-corrected chi connectivity index (χ2v) is 4.74. The molecule has 84 valence electrons. The minimum atomic E-state index is -0.164. The smallest absolute Gasteiger partial charge is 0.311 e. The summed E-state index contributed by atoms with van der Waals surface area (Å²) in [4.78, 5) is 22.7. The van der Waals surface area contributed by atoms with Gasteiger partial charge in [0, 0.05) is 18.8 Å². The largest absolute Gasteiger partial charge is 0.469 e. The SMILES string of the molecule is COC(=O)CC[N+]12CCC(CC1)C(=O)C2. The van der Waals surface area contributed by atoms with Crippen LogP contribution in [0.2, 0.25) is 0 Å². The number of ketones is 1. The Morgan fingerprint density at radius 3 is 2.67 bits per heavy atom. The molecule has 0 saturated carbocycles. The molecule has 15 heavy (non-hydrogen) atoms. The van der Waals surface area contributed by atoms with Gasteiger partial charge in [0.15, 0.2) is 5.78 Å². The predicted molar refractivity (Wildman–Crippen MR) is 54.1 cm³/mol. The lowest BCUT2D eigenvalue weighted by atomic mass is 9.84. The Bertz CT molecular complexity index is 280. The van der Waals surface area contributed by atoms with E-state index >= 15 is 0 Å². The maximum Gasteiger partial charge on any atom is 0.311 e. The number of Topliss-reactive ketones (excluding diaryl/α,β-unsaturated/α-hetero) is 1. The zero-order valence-corrected chi connectivity index (χ0v) is 9.20. The molecule has 0 aromatic rings. The third-order valence-corrected chi connectivity index (χ3v) is 3.87. The first kappa shape index (κ1) is 10.6. The molecule has 3 rings (SSSR count). The van der Waals surface area contributed by atoms with Crippen LogP contribution in [0.25, 0.3) is 0 Å². The van der Waals surface area contributed by atoms with Gasteiger partial charge >= 0.3 is 5.97 Å². The second-order valence-electron chi connectivity index (χ2n) is 4.74. The molecule has 3 saturated heterocycles. The van der Waals surface area contributed by atoms with Gasteiger partial charge in [0.2, 0.25) is 0 Å². The van der Waals surface area contributed by atoms with Gasteiger partial charge in [0.1, 0.15) is 6.54 Å². The number of methoxy groups -OCH3 is 1. The van der Waals surface area contributed by atoms with Crippen molar-refractivity contribution in [3.8, 4) is 0 Å². The predicted octanol–water partition coefficient (Wildman–Crippen LogP) is 0.359. The van der Waals surface area contributed by atoms with Crippen molar-refractivity contribution in [2.24, 2.45) is 5.92 Å². The summed E-state index contributed by atoms with van der Waals surface area (Å²) in [6.07, 6.45) is 2.47. The quantitative estimate of drug-likeness (QED) is 0.501. The first-order chi connectivity index (χ1) is 7.15. The van der Waals surface area contributed by atoms with Crippen molar-refractivity contribution in [3.05, 3.63) is 0 Å². The van der Waals surface area contributed by atoms with Crippen LogP contribution in [0, 0.1) is 5.92 Å². The molecule has 0 aromatic carbocycles. The lowest BCUT2D eigenvalue weighted by Gasteiger charge is -2.47. The number of hydrogen-bond donors (Lipinski definition) is 0. The fourth-order valence-corrected chi connectivity index (χ4v) is 2.79. The van der Waals surface area contributed by atoms with Crippen molar-refractivity contribution >= 4 is 11.8 Å². The highest BCUT2D eigenvalue weighted by Crippen LogP contribution is 2.31. The molecule has 4 nitrogen and oxygen atoms in total. The van der Waals surface area contributed by atoms with E-state index in [4.69, 9.17) is 0 Å². The van der Waals surface area contributed by atoms with E-state index in [0.29, 0.717) is 24.7 Å². The van der Waals surface area contributed by atoms with Crippen molar-refractivity contribution in [2.75, 3.05) is 33.3 Å². The van der Waals surface area contributed by atoms with Crippen molar-refractivity contribution in [1.29, 1.82) is 0 Å². The van der Waals surface area contributed by atoms with Gasteiger partial charge in [0.05, 0.1) is 33.2 Å². The van der Waals surface area contributed by atoms with E-state index in [1.807, 2.05) is 0 Å². The monoisotopic (exact) mass is 212 g/mol. The summed E-state index contributed by atoms with van der Waals surface area (Å²) in [5.74, 6) is 0.558. The van der Waals surface area contributed by atoms with Crippen LogP contribution in [0.1, 0.15) is 19.3 Å². The molecular weight excluding hydrogens is 194 g/mol. The van der Waals surface area contributed by atoms with Gasteiger partial charge in [-0.25, -0.2) is 0 Å². The minimum absolute atomic E-state index is 0.164. The number of carbonyl (C=O) groups is 2. The number of fused-ring (bicyclic) bond motifs is 3. The molecule has 0 unspecified atom stereocenters. The standard InChI is InChI=1S/C11H18NO3/c1-15-11(14)4-7-12-5-2-9(3-6-12)10(13)8-12/h9H,2-8H2,1H3/q+1. The maximum absolute atomic E-state index is 11.6. The van der Waals surface area contributed by atoms with Crippen LogP contribution in [0.3, 0.4) is 0 Å². The van der Waals surface area contributed by atoms with E-state index in [0.717, 1.165) is 37.0 Å². The summed E-state index contributed by atoms with van der Waals surface area (Å²) >= 11 is 0. The fourth-order valence-electron chi connectivity index (χ4n) is 2.79. The lowest BCUT2D eigenvalue weighted by molar-refractivity contribution is -0.930. The third kappa shape index (κ3) is 2.04. The Labute approximate surface area is 89.8 Å². The highest BCUT2D eigenvalue weighted by atomic mass is 16.5. The molecule has 0 N–H and O–H groups in total. The van der Waals surface area contributed by atoms with Crippen LogP contribution in [-0.4, -0.2) is 49.5 Å². The van der Waals surface area contributed by atoms with Gasteiger partial charge in [-0.2, -0.15) is 0 Å². The topological polar surface area (TPSA) is 43.4 Å². The first-order valence-electron chi connectivity index (χ1n) is 5.60. The average Bonchev–Trinajstić information content (AvgIpc) is 2.27. The average molecular weight is 212 g/mol.